The van der Waals surface area contributed by atoms with Gasteiger partial charge in [0.15, 0.2) is 0 Å². The first-order chi connectivity index (χ1) is 10.7. The van der Waals surface area contributed by atoms with Crippen LogP contribution in [0.2, 0.25) is 0 Å². The van der Waals surface area contributed by atoms with E-state index in [1.807, 2.05) is 0 Å². The normalized spacial score (nSPS) is 12.8. The maximum atomic E-state index is 12.8. The molecule has 0 amide bonds. The summed E-state index contributed by atoms with van der Waals surface area (Å²) in [5.41, 5.74) is -7.42. The fourth-order valence-electron chi connectivity index (χ4n) is 1.50. The van der Waals surface area contributed by atoms with E-state index in [2.05, 4.69) is 8.92 Å². The third kappa shape index (κ3) is 5.58. The van der Waals surface area contributed by atoms with Crippen LogP contribution in [0.25, 0.3) is 0 Å². The summed E-state index contributed by atoms with van der Waals surface area (Å²) in [6, 6.07) is 1.39. The molecule has 0 heterocycles. The lowest BCUT2D eigenvalue weighted by Crippen LogP contribution is -2.28. The molecule has 0 aromatic heterocycles. The summed E-state index contributed by atoms with van der Waals surface area (Å²) in [6.45, 7) is 0.707. The lowest BCUT2D eigenvalue weighted by Gasteiger charge is -2.14. The minimum absolute atomic E-state index is 0.124. The van der Waals surface area contributed by atoms with E-state index in [0.717, 1.165) is 6.92 Å². The number of hydrogen-bond acceptors (Lipinski definition) is 5. The highest BCUT2D eigenvalue weighted by molar-refractivity contribution is 7.88. The SMILES string of the molecule is CC(=O)OCCc1cc(OS(=O)(=O)C(F)(F)F)cc(C(F)(F)F)c1. The molecule has 5 nitrogen and oxygen atoms in total. The van der Waals surface area contributed by atoms with Crippen LogP contribution in [0.1, 0.15) is 18.1 Å². The maximum Gasteiger partial charge on any atom is 0.534 e. The molecular formula is C12H10F6O5S. The Labute approximate surface area is 132 Å². The minimum Gasteiger partial charge on any atom is -0.466 e. The Morgan fingerprint density at radius 3 is 2.12 bits per heavy atom. The van der Waals surface area contributed by atoms with E-state index in [9.17, 15) is 39.6 Å². The van der Waals surface area contributed by atoms with E-state index >= 15 is 0 Å². The summed E-state index contributed by atoms with van der Waals surface area (Å²) < 4.78 is 105. The monoisotopic (exact) mass is 380 g/mol. The first kappa shape index (κ1) is 20.1. The summed E-state index contributed by atoms with van der Waals surface area (Å²) in [6.07, 6.45) is -5.23. The van der Waals surface area contributed by atoms with Gasteiger partial charge in [0, 0.05) is 13.3 Å². The summed E-state index contributed by atoms with van der Waals surface area (Å²) >= 11 is 0. The van der Waals surface area contributed by atoms with Crippen molar-refractivity contribution in [1.82, 2.24) is 0 Å². The second-order valence-corrected chi connectivity index (χ2v) is 5.97. The highest BCUT2D eigenvalue weighted by Gasteiger charge is 2.48. The van der Waals surface area contributed by atoms with E-state index in [4.69, 9.17) is 0 Å². The van der Waals surface area contributed by atoms with Crippen molar-refractivity contribution in [3.8, 4) is 5.75 Å². The van der Waals surface area contributed by atoms with Crippen LogP contribution in [0.3, 0.4) is 0 Å². The maximum absolute atomic E-state index is 12.8. The smallest absolute Gasteiger partial charge is 0.466 e. The van der Waals surface area contributed by atoms with E-state index in [1.54, 1.807) is 0 Å². The first-order valence-electron chi connectivity index (χ1n) is 6.07. The molecule has 136 valence electrons. The van der Waals surface area contributed by atoms with Crippen LogP contribution in [0, 0.1) is 0 Å². The Kier molecular flexibility index (Phi) is 5.74. The number of hydrogen-bond donors (Lipinski definition) is 0. The first-order valence-corrected chi connectivity index (χ1v) is 7.48. The van der Waals surface area contributed by atoms with Crippen LogP contribution in [0.4, 0.5) is 26.3 Å². The Bertz CT molecular complexity index is 708. The van der Waals surface area contributed by atoms with Gasteiger partial charge in [0.25, 0.3) is 0 Å². The van der Waals surface area contributed by atoms with Crippen LogP contribution in [0.5, 0.6) is 5.75 Å². The van der Waals surface area contributed by atoms with Crippen molar-refractivity contribution in [3.05, 3.63) is 29.3 Å². The number of carbonyl (C=O) groups is 1. The predicted octanol–water partition coefficient (Wildman–Crippen LogP) is 3.04. The van der Waals surface area contributed by atoms with Crippen LogP contribution < -0.4 is 4.18 Å². The third-order valence-corrected chi connectivity index (χ3v) is 3.46. The lowest BCUT2D eigenvalue weighted by molar-refractivity contribution is -0.141. The molecule has 0 saturated carbocycles. The minimum atomic E-state index is -6.12. The highest BCUT2D eigenvalue weighted by Crippen LogP contribution is 2.34. The van der Waals surface area contributed by atoms with E-state index < -0.39 is 39.1 Å². The number of rotatable bonds is 5. The van der Waals surface area contributed by atoms with Gasteiger partial charge in [-0.3, -0.25) is 4.79 Å². The molecule has 0 spiro atoms. The van der Waals surface area contributed by atoms with Gasteiger partial charge >= 0.3 is 27.8 Å². The van der Waals surface area contributed by atoms with Gasteiger partial charge in [-0.2, -0.15) is 34.8 Å². The average Bonchev–Trinajstić information content (AvgIpc) is 2.34. The van der Waals surface area contributed by atoms with Crippen molar-refractivity contribution in [1.29, 1.82) is 0 Å². The van der Waals surface area contributed by atoms with Crippen molar-refractivity contribution in [2.24, 2.45) is 0 Å². The van der Waals surface area contributed by atoms with Crippen LogP contribution in [-0.4, -0.2) is 26.5 Å². The summed E-state index contributed by atoms with van der Waals surface area (Å²) in [5.74, 6) is -1.86. The number of ether oxygens (including phenoxy) is 1. The largest absolute Gasteiger partial charge is 0.534 e. The molecule has 0 atom stereocenters. The number of carbonyl (C=O) groups excluding carboxylic acids is 1. The number of halogens is 6. The van der Waals surface area contributed by atoms with Crippen molar-refractivity contribution in [2.45, 2.75) is 25.0 Å². The molecule has 24 heavy (non-hydrogen) atoms. The van der Waals surface area contributed by atoms with Crippen molar-refractivity contribution in [3.63, 3.8) is 0 Å². The van der Waals surface area contributed by atoms with E-state index in [-0.39, 0.29) is 24.7 Å². The van der Waals surface area contributed by atoms with Crippen molar-refractivity contribution < 1.29 is 48.5 Å². The summed E-state index contributed by atoms with van der Waals surface area (Å²) in [4.78, 5) is 10.6. The zero-order valence-electron chi connectivity index (χ0n) is 11.9. The van der Waals surface area contributed by atoms with E-state index in [0.29, 0.717) is 12.1 Å². The fraction of sp³-hybridized carbons (Fsp3) is 0.417. The molecule has 12 heteroatoms. The van der Waals surface area contributed by atoms with Crippen molar-refractivity contribution in [2.75, 3.05) is 6.61 Å². The molecule has 0 aliphatic rings. The third-order valence-electron chi connectivity index (χ3n) is 2.48. The molecule has 0 radical (unpaired) electrons. The molecule has 0 bridgehead atoms. The average molecular weight is 380 g/mol. The van der Waals surface area contributed by atoms with Gasteiger partial charge in [0.05, 0.1) is 12.2 Å². The second kappa shape index (κ2) is 6.87. The molecular weight excluding hydrogens is 370 g/mol. The molecule has 0 aliphatic carbocycles. The van der Waals surface area contributed by atoms with Gasteiger partial charge in [-0.25, -0.2) is 0 Å². The quantitative estimate of drug-likeness (QED) is 0.340. The molecule has 0 fully saturated rings. The fourth-order valence-corrected chi connectivity index (χ4v) is 1.95. The zero-order valence-corrected chi connectivity index (χ0v) is 12.7. The number of benzene rings is 1. The molecule has 0 aliphatic heterocycles. The van der Waals surface area contributed by atoms with Crippen LogP contribution in [0.15, 0.2) is 18.2 Å². The standard InChI is InChI=1S/C12H10F6O5S/c1-7(19)22-3-2-8-4-9(11(13,14)15)6-10(5-8)23-24(20,21)12(16,17)18/h4-6H,2-3H2,1H3. The topological polar surface area (TPSA) is 69.7 Å². The van der Waals surface area contributed by atoms with Gasteiger partial charge in [-0.1, -0.05) is 0 Å². The predicted molar refractivity (Wildman–Crippen MR) is 67.4 cm³/mol. The molecule has 1 aromatic rings. The highest BCUT2D eigenvalue weighted by atomic mass is 32.2. The molecule has 0 unspecified atom stereocenters. The van der Waals surface area contributed by atoms with Gasteiger partial charge < -0.3 is 8.92 Å². The Balaban J connectivity index is 3.18. The zero-order chi connectivity index (χ0) is 18.8. The van der Waals surface area contributed by atoms with Gasteiger partial charge in [-0.15, -0.1) is 0 Å². The van der Waals surface area contributed by atoms with Crippen LogP contribution in [-0.2, 0) is 32.2 Å². The van der Waals surface area contributed by atoms with Crippen molar-refractivity contribution >= 4 is 16.1 Å². The van der Waals surface area contributed by atoms with Crippen LogP contribution >= 0.6 is 0 Å². The van der Waals surface area contributed by atoms with Gasteiger partial charge in [0.2, 0.25) is 0 Å². The van der Waals surface area contributed by atoms with Gasteiger partial charge in [-0.05, 0) is 23.8 Å². The van der Waals surface area contributed by atoms with Gasteiger partial charge in [0.1, 0.15) is 5.75 Å². The molecule has 1 rings (SSSR count). The van der Waals surface area contributed by atoms with E-state index in [1.165, 1.54) is 0 Å². The molecule has 0 N–H and O–H groups in total. The lowest BCUT2D eigenvalue weighted by atomic mass is 10.1. The summed E-state index contributed by atoms with van der Waals surface area (Å²) in [7, 11) is -6.12. The molecule has 0 saturated heterocycles. The summed E-state index contributed by atoms with van der Waals surface area (Å²) in [5, 5.41) is 0. The Morgan fingerprint density at radius 1 is 1.08 bits per heavy atom. The number of esters is 1. The molecule has 1 aromatic carbocycles. The Morgan fingerprint density at radius 2 is 1.67 bits per heavy atom. The second-order valence-electron chi connectivity index (χ2n) is 4.44. The Hall–Kier alpha value is -1.98. The number of alkyl halides is 6.